The van der Waals surface area contributed by atoms with Crippen molar-refractivity contribution in [3.05, 3.63) is 35.9 Å². The van der Waals surface area contributed by atoms with Crippen molar-refractivity contribution in [2.75, 3.05) is 32.1 Å². The van der Waals surface area contributed by atoms with Crippen LogP contribution in [0, 0.1) is 11.8 Å². The van der Waals surface area contributed by atoms with Gasteiger partial charge in [-0.3, -0.25) is 52.9 Å². The summed E-state index contributed by atoms with van der Waals surface area (Å²) in [6.07, 6.45) is -0.380. The van der Waals surface area contributed by atoms with Crippen LogP contribution in [0.25, 0.3) is 0 Å². The summed E-state index contributed by atoms with van der Waals surface area (Å²) in [7, 11) is 0. The van der Waals surface area contributed by atoms with Crippen LogP contribution >= 0.6 is 12.6 Å². The van der Waals surface area contributed by atoms with Crippen molar-refractivity contribution < 1.29 is 68.1 Å². The SMILES string of the molecule is CC(C)C[C@H](NC(=O)[C@H](CS)NC(=O)[C@H](CO)NC(=O)[C@@H](NC(=O)[C@H](CCC(N)=O)NC(=O)[C@H](CCCN=C(N)N)NC(=O)[C@H](Cc1ccccc1)NC(=O)[C@H](CO)NC(=O)[C@@H]1CCCN1C(=O)[C@H](C)N)C(C)C)C(=O)O. The van der Waals surface area contributed by atoms with Gasteiger partial charge < -0.3 is 85.7 Å². The van der Waals surface area contributed by atoms with Crippen LogP contribution < -0.4 is 65.5 Å². The third-order valence-corrected chi connectivity index (χ3v) is 12.4. The minimum atomic E-state index is -1.71. The molecule has 0 bridgehead atoms. The maximum atomic E-state index is 14.3. The average molecular weight is 1110 g/mol. The van der Waals surface area contributed by atoms with E-state index in [1.165, 1.54) is 25.7 Å². The van der Waals surface area contributed by atoms with Gasteiger partial charge in [0.05, 0.1) is 19.3 Å². The highest BCUT2D eigenvalue weighted by molar-refractivity contribution is 7.80. The summed E-state index contributed by atoms with van der Waals surface area (Å²) in [4.78, 5) is 152. The molecule has 0 radical (unpaired) electrons. The molecule has 1 aromatic carbocycles. The van der Waals surface area contributed by atoms with Gasteiger partial charge in [-0.1, -0.05) is 58.0 Å². The summed E-state index contributed by atoms with van der Waals surface area (Å²) in [6, 6.07) is -5.61. The van der Waals surface area contributed by atoms with Crippen LogP contribution in [-0.4, -0.2) is 184 Å². The highest BCUT2D eigenvalue weighted by Gasteiger charge is 2.39. The smallest absolute Gasteiger partial charge is 0.326 e. The fourth-order valence-electron chi connectivity index (χ4n) is 7.91. The topological polar surface area (TPSA) is 464 Å². The molecule has 0 unspecified atom stereocenters. The highest BCUT2D eigenvalue weighted by Crippen LogP contribution is 2.19. The Kier molecular flexibility index (Phi) is 28.4. The Morgan fingerprint density at radius 3 is 1.68 bits per heavy atom. The number of hydrogen-bond acceptors (Lipinski definition) is 16. The second kappa shape index (κ2) is 33.1. The number of aliphatic carboxylic acids is 1. The van der Waals surface area contributed by atoms with Crippen LogP contribution in [0.5, 0.6) is 0 Å². The molecule has 1 aliphatic rings. The largest absolute Gasteiger partial charge is 0.480 e. The number of nitrogens with zero attached hydrogens (tertiary/aromatic N) is 2. The number of likely N-dealkylation sites (tertiary alicyclic amines) is 1. The monoisotopic (exact) mass is 1110 g/mol. The van der Waals surface area contributed by atoms with Crippen LogP contribution in [0.15, 0.2) is 35.3 Å². The zero-order chi connectivity index (χ0) is 58.1. The summed E-state index contributed by atoms with van der Waals surface area (Å²) in [5, 5.41) is 49.5. The summed E-state index contributed by atoms with van der Waals surface area (Å²) in [6.45, 7) is 6.30. The van der Waals surface area contributed by atoms with Crippen molar-refractivity contribution in [1.29, 1.82) is 0 Å². The number of primary amides is 1. The fraction of sp³-hybridized carbons (Fsp3) is 0.625. The Hall–Kier alpha value is -7.11. The first-order valence-corrected chi connectivity index (χ1v) is 25.8. The lowest BCUT2D eigenvalue weighted by Gasteiger charge is -2.29. The summed E-state index contributed by atoms with van der Waals surface area (Å²) >= 11 is 4.09. The lowest BCUT2D eigenvalue weighted by molar-refractivity contribution is -0.142. The normalized spacial score (nSPS) is 16.6. The third kappa shape index (κ3) is 22.6. The van der Waals surface area contributed by atoms with Gasteiger partial charge in [-0.05, 0) is 62.8 Å². The highest BCUT2D eigenvalue weighted by atomic mass is 32.1. The van der Waals surface area contributed by atoms with Gasteiger partial charge >= 0.3 is 5.97 Å². The molecule has 77 heavy (non-hydrogen) atoms. The molecule has 430 valence electrons. The molecule has 10 amide bonds. The Morgan fingerprint density at radius 2 is 1.16 bits per heavy atom. The molecule has 10 atom stereocenters. The number of nitrogens with one attached hydrogen (secondary N) is 8. The second-order valence-electron chi connectivity index (χ2n) is 19.3. The molecule has 0 spiro atoms. The van der Waals surface area contributed by atoms with Gasteiger partial charge in [0, 0.05) is 31.7 Å². The Balaban J connectivity index is 2.41. The van der Waals surface area contributed by atoms with E-state index < -0.39 is 157 Å². The molecule has 29 heteroatoms. The molecule has 1 aromatic rings. The van der Waals surface area contributed by atoms with E-state index in [2.05, 4.69) is 60.2 Å². The molecular formula is C48H78N14O14S. The zero-order valence-electron chi connectivity index (χ0n) is 44.0. The molecule has 1 fully saturated rings. The van der Waals surface area contributed by atoms with E-state index in [-0.39, 0.29) is 62.8 Å². The van der Waals surface area contributed by atoms with Crippen molar-refractivity contribution in [3.63, 3.8) is 0 Å². The summed E-state index contributed by atoms with van der Waals surface area (Å²) in [5.41, 5.74) is 22.7. The van der Waals surface area contributed by atoms with Crippen molar-refractivity contribution in [1.82, 2.24) is 47.4 Å². The number of thiol groups is 1. The number of carboxylic acid groups (broad SMARTS) is 1. The first-order chi connectivity index (χ1) is 36.2. The van der Waals surface area contributed by atoms with Crippen LogP contribution in [-0.2, 0) is 59.2 Å². The third-order valence-electron chi connectivity index (χ3n) is 12.0. The predicted octanol–water partition coefficient (Wildman–Crippen LogP) is -5.53. The van der Waals surface area contributed by atoms with Gasteiger partial charge in [0.2, 0.25) is 59.1 Å². The standard InChI is InChI=1S/C48H78N14O14S/c1-24(2)19-31(47(75)76)57-43(71)34(23-77)60-42(70)33(22-64)59-45(73)37(25(3)4)61-39(67)29(15-16-36(50)65)55-38(66)28(13-9-17-53-48(51)52)54-40(68)30(20-27-11-7-6-8-12-27)56-41(69)32(21-63)58-44(72)35-14-10-18-62(35)46(74)26(5)49/h6-8,11-12,24-26,28-35,37,63-64,77H,9-10,13-23,49H2,1-5H3,(H2,50,65)(H,54,68)(H,55,66)(H,56,69)(H,57,71)(H,58,72)(H,59,73)(H,60,70)(H,61,67)(H,75,76)(H4,51,52,53)/t26-,28-,29-,30-,31-,32-,33-,34-,35-,37-/m0/s1. The van der Waals surface area contributed by atoms with Gasteiger partial charge in [0.25, 0.3) is 0 Å². The lowest BCUT2D eigenvalue weighted by Crippen LogP contribution is -2.62. The van der Waals surface area contributed by atoms with Crippen molar-refractivity contribution in [3.8, 4) is 0 Å². The second-order valence-corrected chi connectivity index (χ2v) is 19.7. The number of guanidine groups is 1. The Bertz CT molecular complexity index is 2240. The van der Waals surface area contributed by atoms with Crippen LogP contribution in [0.3, 0.4) is 0 Å². The first-order valence-electron chi connectivity index (χ1n) is 25.2. The van der Waals surface area contributed by atoms with E-state index in [0.717, 1.165) is 0 Å². The lowest BCUT2D eigenvalue weighted by atomic mass is 10.0. The Morgan fingerprint density at radius 1 is 0.662 bits per heavy atom. The molecule has 28 nitrogen and oxygen atoms in total. The van der Waals surface area contributed by atoms with Gasteiger partial charge in [0.15, 0.2) is 5.96 Å². The van der Waals surface area contributed by atoms with Crippen molar-refractivity contribution in [2.45, 2.75) is 146 Å². The van der Waals surface area contributed by atoms with Gasteiger partial charge in [-0.15, -0.1) is 0 Å². The van der Waals surface area contributed by atoms with Crippen LogP contribution in [0.1, 0.15) is 85.1 Å². The zero-order valence-corrected chi connectivity index (χ0v) is 44.9. The molecule has 0 saturated carbocycles. The first kappa shape index (κ1) is 66.0. The van der Waals surface area contributed by atoms with Crippen LogP contribution in [0.2, 0.25) is 0 Å². The number of carbonyl (C=O) groups is 11. The van der Waals surface area contributed by atoms with Gasteiger partial charge in [-0.2, -0.15) is 12.6 Å². The number of benzene rings is 1. The number of carboxylic acids is 1. The molecule has 1 aliphatic heterocycles. The molecule has 2 rings (SSSR count). The minimum absolute atomic E-state index is 0.0339. The molecule has 0 aliphatic carbocycles. The summed E-state index contributed by atoms with van der Waals surface area (Å²) in [5.74, 6) is -11.8. The number of carbonyl (C=O) groups excluding carboxylic acids is 10. The van der Waals surface area contributed by atoms with E-state index in [9.17, 15) is 68.1 Å². The Labute approximate surface area is 451 Å². The van der Waals surface area contributed by atoms with Crippen molar-refractivity contribution in [2.24, 2.45) is 39.8 Å². The van der Waals surface area contributed by atoms with E-state index in [4.69, 9.17) is 22.9 Å². The maximum absolute atomic E-state index is 14.3. The summed E-state index contributed by atoms with van der Waals surface area (Å²) < 4.78 is 0. The molecule has 1 heterocycles. The number of amides is 10. The molecule has 0 aromatic heterocycles. The van der Waals surface area contributed by atoms with E-state index >= 15 is 0 Å². The van der Waals surface area contributed by atoms with Gasteiger partial charge in [0.1, 0.15) is 54.4 Å². The number of hydrogen-bond donors (Lipinski definition) is 16. The number of aliphatic hydroxyl groups excluding tert-OH is 2. The molecule has 1 saturated heterocycles. The number of rotatable bonds is 33. The minimum Gasteiger partial charge on any atom is -0.480 e. The quantitative estimate of drug-likeness (QED) is 0.0135. The maximum Gasteiger partial charge on any atom is 0.326 e. The number of aliphatic hydroxyl groups is 2. The van der Waals surface area contributed by atoms with Crippen molar-refractivity contribution >= 4 is 83.6 Å². The molecular weight excluding hydrogens is 1030 g/mol. The van der Waals surface area contributed by atoms with Crippen LogP contribution in [0.4, 0.5) is 0 Å². The number of aliphatic imine (C=N–C) groups is 1. The average Bonchev–Trinajstić information content (AvgIpc) is 3.87. The number of nitrogens with two attached hydrogens (primary N) is 4. The van der Waals surface area contributed by atoms with E-state index in [1.807, 2.05) is 0 Å². The van der Waals surface area contributed by atoms with E-state index in [1.54, 1.807) is 44.2 Å². The van der Waals surface area contributed by atoms with Gasteiger partial charge in [-0.25, -0.2) is 4.79 Å². The van der Waals surface area contributed by atoms with E-state index in [0.29, 0.717) is 12.0 Å². The predicted molar refractivity (Wildman–Crippen MR) is 282 cm³/mol. The fourth-order valence-corrected chi connectivity index (χ4v) is 8.16. The molecule has 19 N–H and O–H groups in total.